The molecule has 2 bridgehead atoms. The fraction of sp³-hybridized carbons (Fsp3) is 0.464. The third-order valence-corrected chi connectivity index (χ3v) is 18.0. The van der Waals surface area contributed by atoms with Gasteiger partial charge < -0.3 is 9.64 Å². The Morgan fingerprint density at radius 3 is 1.74 bits per heavy atom. The quantitative estimate of drug-likeness (QED) is 0.181. The molecule has 4 fully saturated rings. The number of rotatable bonds is 4. The maximum Gasteiger partial charge on any atom is 0.139 e. The molecule has 6 atom stereocenters. The monoisotopic (exact) mass is 763 g/mol. The minimum absolute atomic E-state index is 0.0213. The molecule has 2 nitrogen and oxygen atoms in total. The van der Waals surface area contributed by atoms with Gasteiger partial charge in [-0.1, -0.05) is 128 Å². The number of benzene rings is 5. The Labute approximate surface area is 347 Å². The number of fused-ring (bicyclic) bond motifs is 9. The minimum Gasteiger partial charge on any atom is -0.456 e. The van der Waals surface area contributed by atoms with Gasteiger partial charge in [-0.15, -0.1) is 0 Å². The second kappa shape index (κ2) is 11.3. The van der Waals surface area contributed by atoms with Crippen molar-refractivity contribution in [3.63, 3.8) is 0 Å². The number of para-hydroxylation sites is 1. The predicted octanol–water partition coefficient (Wildman–Crippen LogP) is 15.0. The maximum absolute atomic E-state index is 7.32. The number of anilines is 3. The summed E-state index contributed by atoms with van der Waals surface area (Å²) in [6, 6.07) is 40.2. The standard InChI is InChI=1S/C56H61NO/c1-51(2)24-26-53(5,6)48-40(51)19-14-21-43(48)57(44-22-15-20-41-49(44)54(7,8)27-25-52(41,3)4)37-31-38(35-16-10-9-11-17-35)50-42(32-37)56(39-18-12-13-23-45(39)58-50)46-29-34-28-36-30-47(56)55(36,46)33-34/h9-23,31-32,34,36,46-47H,24-30,33H2,1-8H3. The highest BCUT2D eigenvalue weighted by molar-refractivity contribution is 5.89. The Morgan fingerprint density at radius 2 is 1.10 bits per heavy atom. The number of hydrogen-bond acceptors (Lipinski definition) is 2. The topological polar surface area (TPSA) is 12.5 Å². The molecule has 0 amide bonds. The lowest BCUT2D eigenvalue weighted by Crippen LogP contribution is -2.74. The molecule has 58 heavy (non-hydrogen) atoms. The van der Waals surface area contributed by atoms with E-state index in [0.717, 1.165) is 23.3 Å². The molecule has 12 rings (SSSR count). The van der Waals surface area contributed by atoms with Crippen LogP contribution in [0.3, 0.4) is 0 Å². The molecule has 0 radical (unpaired) electrons. The summed E-state index contributed by atoms with van der Waals surface area (Å²) in [5, 5.41) is 0. The van der Waals surface area contributed by atoms with Crippen LogP contribution in [0, 0.1) is 29.1 Å². The molecule has 296 valence electrons. The van der Waals surface area contributed by atoms with E-state index in [1.807, 2.05) is 0 Å². The summed E-state index contributed by atoms with van der Waals surface area (Å²) in [5.74, 6) is 5.33. The Hall–Kier alpha value is -4.30. The van der Waals surface area contributed by atoms with E-state index < -0.39 is 0 Å². The van der Waals surface area contributed by atoms with E-state index >= 15 is 0 Å². The van der Waals surface area contributed by atoms with Crippen molar-refractivity contribution >= 4 is 17.1 Å². The zero-order valence-corrected chi connectivity index (χ0v) is 36.1. The first-order chi connectivity index (χ1) is 27.7. The van der Waals surface area contributed by atoms with Gasteiger partial charge in [0.15, 0.2) is 0 Å². The van der Waals surface area contributed by atoms with Gasteiger partial charge in [0.25, 0.3) is 0 Å². The molecule has 0 aromatic heterocycles. The summed E-state index contributed by atoms with van der Waals surface area (Å²) in [6.07, 6.45) is 10.4. The number of hydrogen-bond donors (Lipinski definition) is 0. The van der Waals surface area contributed by atoms with Crippen molar-refractivity contribution in [2.24, 2.45) is 29.1 Å². The second-order valence-electron chi connectivity index (χ2n) is 22.7. The van der Waals surface area contributed by atoms with E-state index in [2.05, 4.69) is 163 Å². The first-order valence-electron chi connectivity index (χ1n) is 22.8. The largest absolute Gasteiger partial charge is 0.456 e. The van der Waals surface area contributed by atoms with Crippen molar-refractivity contribution in [1.29, 1.82) is 0 Å². The fourth-order valence-corrected chi connectivity index (χ4v) is 15.3. The van der Waals surface area contributed by atoms with E-state index in [9.17, 15) is 0 Å². The average molecular weight is 764 g/mol. The smallest absolute Gasteiger partial charge is 0.139 e. The molecule has 2 spiro atoms. The summed E-state index contributed by atoms with van der Waals surface area (Å²) in [6.45, 7) is 19.9. The van der Waals surface area contributed by atoms with Crippen molar-refractivity contribution in [1.82, 2.24) is 0 Å². The molecule has 5 aromatic carbocycles. The lowest BCUT2D eigenvalue weighted by atomic mass is 9.26. The van der Waals surface area contributed by atoms with Gasteiger partial charge in [0, 0.05) is 27.8 Å². The van der Waals surface area contributed by atoms with Crippen LogP contribution in [0.2, 0.25) is 0 Å². The lowest BCUT2D eigenvalue weighted by Gasteiger charge is -2.77. The summed E-state index contributed by atoms with van der Waals surface area (Å²) in [5.41, 5.74) is 16.1. The zero-order chi connectivity index (χ0) is 39.8. The Kier molecular flexibility index (Phi) is 6.93. The van der Waals surface area contributed by atoms with Crippen LogP contribution in [0.1, 0.15) is 140 Å². The highest BCUT2D eigenvalue weighted by atomic mass is 16.5. The van der Waals surface area contributed by atoms with Gasteiger partial charge in [0.1, 0.15) is 11.5 Å². The molecule has 0 saturated heterocycles. The van der Waals surface area contributed by atoms with E-state index in [1.165, 1.54) is 113 Å². The molecule has 2 heteroatoms. The van der Waals surface area contributed by atoms with Crippen molar-refractivity contribution in [2.75, 3.05) is 4.90 Å². The van der Waals surface area contributed by atoms with Crippen molar-refractivity contribution in [3.8, 4) is 22.6 Å². The summed E-state index contributed by atoms with van der Waals surface area (Å²) < 4.78 is 7.32. The van der Waals surface area contributed by atoms with E-state index in [0.29, 0.717) is 17.3 Å². The Balaban J connectivity index is 1.20. The first kappa shape index (κ1) is 35.6. The molecular formula is C56H61NO. The molecule has 5 aromatic rings. The average Bonchev–Trinajstić information content (AvgIpc) is 3.74. The van der Waals surface area contributed by atoms with Gasteiger partial charge in [0.05, 0.1) is 11.4 Å². The van der Waals surface area contributed by atoms with E-state index in [4.69, 9.17) is 4.74 Å². The molecule has 6 unspecified atom stereocenters. The third kappa shape index (κ3) is 4.30. The lowest BCUT2D eigenvalue weighted by molar-refractivity contribution is -0.235. The minimum atomic E-state index is -0.0319. The highest BCUT2D eigenvalue weighted by Crippen LogP contribution is 2.89. The maximum atomic E-state index is 7.32. The Morgan fingerprint density at radius 1 is 0.534 bits per heavy atom. The second-order valence-corrected chi connectivity index (χ2v) is 22.7. The molecule has 6 aliphatic carbocycles. The van der Waals surface area contributed by atoms with Crippen molar-refractivity contribution in [2.45, 2.75) is 134 Å². The van der Waals surface area contributed by atoms with Gasteiger partial charge in [-0.2, -0.15) is 0 Å². The zero-order valence-electron chi connectivity index (χ0n) is 36.1. The van der Waals surface area contributed by atoms with Crippen LogP contribution in [-0.4, -0.2) is 0 Å². The summed E-state index contributed by atoms with van der Waals surface area (Å²) >= 11 is 0. The fourth-order valence-electron chi connectivity index (χ4n) is 15.3. The van der Waals surface area contributed by atoms with Gasteiger partial charge >= 0.3 is 0 Å². The van der Waals surface area contributed by atoms with Crippen LogP contribution in [-0.2, 0) is 27.1 Å². The molecule has 4 saturated carbocycles. The van der Waals surface area contributed by atoms with Crippen LogP contribution in [0.4, 0.5) is 17.1 Å². The number of ether oxygens (including phenoxy) is 1. The van der Waals surface area contributed by atoms with Gasteiger partial charge in [-0.05, 0) is 160 Å². The Bertz CT molecular complexity index is 2480. The first-order valence-corrected chi connectivity index (χ1v) is 22.8. The molecule has 1 heterocycles. The highest BCUT2D eigenvalue weighted by Gasteiger charge is 2.84. The van der Waals surface area contributed by atoms with Crippen LogP contribution in [0.5, 0.6) is 11.5 Å². The predicted molar refractivity (Wildman–Crippen MR) is 239 cm³/mol. The summed E-state index contributed by atoms with van der Waals surface area (Å²) in [7, 11) is 0. The van der Waals surface area contributed by atoms with Gasteiger partial charge in [-0.25, -0.2) is 0 Å². The normalized spacial score (nSPS) is 31.4. The van der Waals surface area contributed by atoms with Crippen LogP contribution in [0.15, 0.2) is 103 Å². The van der Waals surface area contributed by atoms with Crippen molar-refractivity contribution in [3.05, 3.63) is 137 Å². The van der Waals surface area contributed by atoms with Gasteiger partial charge in [0.2, 0.25) is 0 Å². The molecular weight excluding hydrogens is 703 g/mol. The molecule has 7 aliphatic rings. The third-order valence-electron chi connectivity index (χ3n) is 18.0. The van der Waals surface area contributed by atoms with Crippen molar-refractivity contribution < 1.29 is 4.74 Å². The number of nitrogens with zero attached hydrogens (tertiary/aromatic N) is 1. The molecule has 0 N–H and O–H groups in total. The van der Waals surface area contributed by atoms with Crippen LogP contribution < -0.4 is 9.64 Å². The SMILES string of the molecule is CC1(C)CCC(C)(C)c2c(N(c3cc(-c4ccccc4)c4c(c3)C3(c5ccccc5O4)C4CC5CC6CC3C64C5)c3cccc4c3C(C)(C)CCC4(C)C)cccc21. The van der Waals surface area contributed by atoms with Crippen LogP contribution in [0.25, 0.3) is 11.1 Å². The molecule has 1 aliphatic heterocycles. The van der Waals surface area contributed by atoms with E-state index in [1.54, 1.807) is 0 Å². The summed E-state index contributed by atoms with van der Waals surface area (Å²) in [4.78, 5) is 2.77. The van der Waals surface area contributed by atoms with E-state index in [-0.39, 0.29) is 27.1 Å². The van der Waals surface area contributed by atoms with Gasteiger partial charge in [-0.3, -0.25) is 0 Å². The van der Waals surface area contributed by atoms with Crippen LogP contribution >= 0.6 is 0 Å².